The van der Waals surface area contributed by atoms with Crippen molar-refractivity contribution in [2.75, 3.05) is 85.2 Å². The van der Waals surface area contributed by atoms with Crippen LogP contribution in [0.15, 0.2) is 92.4 Å². The van der Waals surface area contributed by atoms with E-state index in [-0.39, 0.29) is 23.7 Å². The van der Waals surface area contributed by atoms with E-state index in [1.807, 2.05) is 36.4 Å². The van der Waals surface area contributed by atoms with Crippen molar-refractivity contribution in [2.24, 2.45) is 0 Å². The van der Waals surface area contributed by atoms with E-state index in [1.54, 1.807) is 47.8 Å². The van der Waals surface area contributed by atoms with Crippen LogP contribution in [0.5, 0.6) is 0 Å². The van der Waals surface area contributed by atoms with Crippen LogP contribution in [0.2, 0.25) is 10.0 Å². The molecule has 0 aromatic heterocycles. The predicted octanol–water partition coefficient (Wildman–Crippen LogP) is 7.46. The van der Waals surface area contributed by atoms with E-state index < -0.39 is 30.4 Å². The fraction of sp³-hybridized carbons (Fsp3) is 0.415. The molecule has 0 aliphatic carbocycles. The highest BCUT2D eigenvalue weighted by Gasteiger charge is 2.31. The Hall–Kier alpha value is -2.41. The van der Waals surface area contributed by atoms with Gasteiger partial charge in [0.25, 0.3) is 30.4 Å². The Labute approximate surface area is 388 Å². The van der Waals surface area contributed by atoms with Crippen LogP contribution in [0.4, 0.5) is 8.78 Å². The molecule has 4 heterocycles. The van der Waals surface area contributed by atoms with Crippen LogP contribution < -0.4 is 0 Å². The zero-order valence-corrected chi connectivity index (χ0v) is 40.9. The predicted molar refractivity (Wildman–Crippen MR) is 247 cm³/mol. The summed E-state index contributed by atoms with van der Waals surface area (Å²) in [7, 11) is -6.68. The van der Waals surface area contributed by atoms with Crippen LogP contribution in [0.3, 0.4) is 0 Å². The van der Waals surface area contributed by atoms with Crippen molar-refractivity contribution in [3.8, 4) is 0 Å². The SMILES string of the molecule is CN1CCN(C2Cc3ccc(Cl)cc3Sc3ccc(F)cc32)CC1.CN1CCN(C2Cc3ccc(Cl)cc3Sc3ccc(F)cc32)CC1.CS(=O)(=O)O.CS(=O)(=O)O.CS(=O)(=O)O. The molecule has 4 aromatic carbocycles. The zero-order valence-electron chi connectivity index (χ0n) is 35.3. The first-order chi connectivity index (χ1) is 29.2. The van der Waals surface area contributed by atoms with Gasteiger partial charge in [-0.1, -0.05) is 58.9 Å². The quantitative estimate of drug-likeness (QED) is 0.169. The van der Waals surface area contributed by atoms with Crippen molar-refractivity contribution < 1.29 is 47.7 Å². The summed E-state index contributed by atoms with van der Waals surface area (Å²) in [5.74, 6) is -0.310. The summed E-state index contributed by atoms with van der Waals surface area (Å²) in [6.45, 7) is 8.30. The standard InChI is InChI=1S/2C19H20ClFN2S.3CH4O3S/c2*1-22-6-8-23(9-7-22)17-10-13-2-3-14(20)11-19(13)24-18-5-4-15(21)12-16(17)18;3*1-5(2,3)4/h2*2-5,11-12,17H,6-10H2,1H3;3*1H3,(H,2,3,4). The lowest BCUT2D eigenvalue weighted by molar-refractivity contribution is 0.109. The molecule has 4 aliphatic rings. The van der Waals surface area contributed by atoms with E-state index in [0.717, 1.165) is 96.2 Å². The molecule has 0 amide bonds. The summed E-state index contributed by atoms with van der Waals surface area (Å²) in [6.07, 6.45) is 3.95. The molecular weight excluding hydrogens is 962 g/mol. The second-order valence-corrected chi connectivity index (χ2v) is 22.8. The summed E-state index contributed by atoms with van der Waals surface area (Å²) in [6, 6.07) is 23.0. The maximum absolute atomic E-state index is 14.0. The average Bonchev–Trinajstić information content (AvgIpc) is 3.41. The van der Waals surface area contributed by atoms with E-state index >= 15 is 0 Å². The number of rotatable bonds is 2. The molecule has 348 valence electrons. The fourth-order valence-corrected chi connectivity index (χ4v) is 9.90. The Balaban J connectivity index is 0.000000210. The minimum atomic E-state index is -3.67. The van der Waals surface area contributed by atoms with Gasteiger partial charge in [-0.25, -0.2) is 8.78 Å². The van der Waals surface area contributed by atoms with Gasteiger partial charge in [0.15, 0.2) is 0 Å². The van der Waals surface area contributed by atoms with Gasteiger partial charge in [-0.2, -0.15) is 25.3 Å². The molecule has 0 bridgehead atoms. The zero-order chi connectivity index (χ0) is 46.9. The first-order valence-corrected chi connectivity index (χ1v) is 27.3. The molecular formula is C41H52Cl2F2N4O9S5. The average molecular weight is 1010 g/mol. The highest BCUT2D eigenvalue weighted by atomic mass is 35.5. The minimum absolute atomic E-state index is 0.155. The van der Waals surface area contributed by atoms with Crippen molar-refractivity contribution in [1.29, 1.82) is 0 Å². The summed E-state index contributed by atoms with van der Waals surface area (Å²) in [5, 5.41) is 1.51. The van der Waals surface area contributed by atoms with Crippen molar-refractivity contribution in [1.82, 2.24) is 19.6 Å². The number of likely N-dealkylation sites (N-methyl/N-ethyl adjacent to an activating group) is 2. The molecule has 2 fully saturated rings. The third-order valence-electron chi connectivity index (χ3n) is 9.94. The van der Waals surface area contributed by atoms with Crippen LogP contribution in [0.25, 0.3) is 0 Å². The molecule has 3 N–H and O–H groups in total. The van der Waals surface area contributed by atoms with Crippen LogP contribution in [0, 0.1) is 11.6 Å². The van der Waals surface area contributed by atoms with Gasteiger partial charge < -0.3 is 9.80 Å². The molecule has 63 heavy (non-hydrogen) atoms. The number of hydrogen-bond donors (Lipinski definition) is 3. The van der Waals surface area contributed by atoms with Crippen molar-refractivity contribution in [3.05, 3.63) is 117 Å². The molecule has 13 nitrogen and oxygen atoms in total. The minimum Gasteiger partial charge on any atom is -0.304 e. The normalized spacial score (nSPS) is 19.4. The lowest BCUT2D eigenvalue weighted by Gasteiger charge is -2.38. The molecule has 0 radical (unpaired) electrons. The first kappa shape index (κ1) is 53.2. The largest absolute Gasteiger partial charge is 0.304 e. The molecule has 0 spiro atoms. The number of benzene rings is 4. The Morgan fingerprint density at radius 1 is 0.508 bits per heavy atom. The van der Waals surface area contributed by atoms with Crippen LogP contribution in [0.1, 0.15) is 34.3 Å². The monoisotopic (exact) mass is 1010 g/mol. The third kappa shape index (κ3) is 19.1. The van der Waals surface area contributed by atoms with Gasteiger partial charge in [0.1, 0.15) is 11.6 Å². The van der Waals surface area contributed by atoms with E-state index in [1.165, 1.54) is 20.9 Å². The van der Waals surface area contributed by atoms with Crippen molar-refractivity contribution in [2.45, 2.75) is 44.5 Å². The van der Waals surface area contributed by atoms with E-state index in [2.05, 4.69) is 45.8 Å². The molecule has 2 atom stereocenters. The van der Waals surface area contributed by atoms with Crippen molar-refractivity contribution in [3.63, 3.8) is 0 Å². The smallest absolute Gasteiger partial charge is 0.261 e. The Morgan fingerprint density at radius 3 is 1.11 bits per heavy atom. The third-order valence-corrected chi connectivity index (χ3v) is 12.8. The van der Waals surface area contributed by atoms with Gasteiger partial charge >= 0.3 is 0 Å². The number of hydrogen-bond acceptors (Lipinski definition) is 12. The van der Waals surface area contributed by atoms with Crippen molar-refractivity contribution >= 4 is 77.1 Å². The van der Waals surface area contributed by atoms with Gasteiger partial charge in [-0.15, -0.1) is 0 Å². The highest BCUT2D eigenvalue weighted by molar-refractivity contribution is 7.99. The first-order valence-electron chi connectivity index (χ1n) is 19.3. The second kappa shape index (κ2) is 23.4. The van der Waals surface area contributed by atoms with Gasteiger partial charge in [0, 0.05) is 94.1 Å². The van der Waals surface area contributed by atoms with Gasteiger partial charge in [0.05, 0.1) is 18.8 Å². The topological polar surface area (TPSA) is 176 Å². The van der Waals surface area contributed by atoms with Crippen LogP contribution in [-0.4, -0.2) is 144 Å². The summed E-state index contributed by atoms with van der Waals surface area (Å²) in [5.41, 5.74) is 4.81. The van der Waals surface area contributed by atoms with E-state index in [4.69, 9.17) is 36.9 Å². The fourth-order valence-electron chi connectivity index (χ4n) is 7.12. The molecule has 0 saturated carbocycles. The number of nitrogens with zero attached hydrogens (tertiary/aromatic N) is 4. The molecule has 8 rings (SSSR count). The second-order valence-electron chi connectivity index (χ2n) is 15.4. The van der Waals surface area contributed by atoms with E-state index in [0.29, 0.717) is 18.8 Å². The molecule has 22 heteroatoms. The molecule has 2 saturated heterocycles. The Morgan fingerprint density at radius 2 is 0.810 bits per heavy atom. The van der Waals surface area contributed by atoms with Gasteiger partial charge in [0.2, 0.25) is 0 Å². The lowest BCUT2D eigenvalue weighted by Crippen LogP contribution is -2.46. The highest BCUT2D eigenvalue weighted by Crippen LogP contribution is 2.45. The number of fused-ring (bicyclic) bond motifs is 4. The number of piperazine rings is 2. The lowest BCUT2D eigenvalue weighted by atomic mass is 9.96. The molecule has 2 unspecified atom stereocenters. The molecule has 4 aromatic rings. The molecule has 4 aliphatic heterocycles. The van der Waals surface area contributed by atoms with Gasteiger partial charge in [-0.3, -0.25) is 23.5 Å². The summed E-state index contributed by atoms with van der Waals surface area (Å²) < 4.78 is 106. The number of halogens is 4. The maximum atomic E-state index is 14.0. The Kier molecular flexibility index (Phi) is 19.7. The Bertz CT molecular complexity index is 2310. The van der Waals surface area contributed by atoms with Gasteiger partial charge in [-0.05, 0) is 110 Å². The maximum Gasteiger partial charge on any atom is 0.261 e. The van der Waals surface area contributed by atoms with E-state index in [9.17, 15) is 34.0 Å². The summed E-state index contributed by atoms with van der Waals surface area (Å²) >= 11 is 15.8. The van der Waals surface area contributed by atoms with Crippen LogP contribution >= 0.6 is 46.7 Å². The summed E-state index contributed by atoms with van der Waals surface area (Å²) in [4.78, 5) is 14.4. The van der Waals surface area contributed by atoms with Crippen LogP contribution in [-0.2, 0) is 43.2 Å².